The van der Waals surface area contributed by atoms with Gasteiger partial charge >= 0.3 is 5.97 Å². The van der Waals surface area contributed by atoms with E-state index in [0.29, 0.717) is 5.57 Å². The molecule has 17 heavy (non-hydrogen) atoms. The van der Waals surface area contributed by atoms with E-state index in [1.54, 1.807) is 19.3 Å². The standard InChI is InChI=1S/C14H17NO2/c1-11(2)13(16)17-14(7-3-4-8-14)12-5-9-15-10-6-12/h5-6,9-10H,1,3-4,7-8H2,2H3. The molecule has 1 fully saturated rings. The van der Waals surface area contributed by atoms with E-state index in [9.17, 15) is 4.79 Å². The Kier molecular flexibility index (Phi) is 3.27. The lowest BCUT2D eigenvalue weighted by Gasteiger charge is -2.29. The SMILES string of the molecule is C=C(C)C(=O)OC1(c2ccncc2)CCCC1. The molecule has 1 aromatic heterocycles. The molecule has 0 saturated heterocycles. The van der Waals surface area contributed by atoms with Gasteiger partial charge in [0.05, 0.1) is 0 Å². The molecular weight excluding hydrogens is 214 g/mol. The molecule has 0 spiro atoms. The molecule has 2 rings (SSSR count). The van der Waals surface area contributed by atoms with Crippen molar-refractivity contribution in [2.75, 3.05) is 0 Å². The lowest BCUT2D eigenvalue weighted by molar-refractivity contribution is -0.155. The minimum atomic E-state index is -0.459. The van der Waals surface area contributed by atoms with Crippen LogP contribution in [-0.2, 0) is 15.1 Å². The minimum absolute atomic E-state index is 0.302. The fraction of sp³-hybridized carbons (Fsp3) is 0.429. The topological polar surface area (TPSA) is 39.2 Å². The van der Waals surface area contributed by atoms with Crippen molar-refractivity contribution in [2.45, 2.75) is 38.2 Å². The van der Waals surface area contributed by atoms with Crippen LogP contribution >= 0.6 is 0 Å². The fourth-order valence-electron chi connectivity index (χ4n) is 2.32. The number of rotatable bonds is 3. The number of carbonyl (C=O) groups is 1. The van der Waals surface area contributed by atoms with Crippen molar-refractivity contribution in [1.29, 1.82) is 0 Å². The highest BCUT2D eigenvalue weighted by molar-refractivity contribution is 5.87. The lowest BCUT2D eigenvalue weighted by atomic mass is 9.92. The Balaban J connectivity index is 2.27. The van der Waals surface area contributed by atoms with Gasteiger partial charge < -0.3 is 4.74 Å². The van der Waals surface area contributed by atoms with Crippen molar-refractivity contribution < 1.29 is 9.53 Å². The van der Waals surface area contributed by atoms with Gasteiger partial charge in [-0.05, 0) is 50.3 Å². The third kappa shape index (κ3) is 2.38. The predicted octanol–water partition coefficient (Wildman–Crippen LogP) is 2.97. The van der Waals surface area contributed by atoms with Gasteiger partial charge in [0.25, 0.3) is 0 Å². The number of nitrogens with zero attached hydrogens (tertiary/aromatic N) is 1. The molecule has 0 atom stereocenters. The number of carbonyl (C=O) groups excluding carboxylic acids is 1. The van der Waals surface area contributed by atoms with Crippen LogP contribution in [0, 0.1) is 0 Å². The average molecular weight is 231 g/mol. The van der Waals surface area contributed by atoms with Crippen LogP contribution in [-0.4, -0.2) is 11.0 Å². The molecule has 1 heterocycles. The highest BCUT2D eigenvalue weighted by atomic mass is 16.6. The summed E-state index contributed by atoms with van der Waals surface area (Å²) >= 11 is 0. The van der Waals surface area contributed by atoms with E-state index in [0.717, 1.165) is 31.2 Å². The van der Waals surface area contributed by atoms with Crippen molar-refractivity contribution in [1.82, 2.24) is 4.98 Å². The normalized spacial score (nSPS) is 17.7. The van der Waals surface area contributed by atoms with Gasteiger partial charge in [-0.25, -0.2) is 4.79 Å². The first kappa shape index (κ1) is 11.8. The summed E-state index contributed by atoms with van der Waals surface area (Å²) in [5.41, 5.74) is 1.03. The molecular formula is C14H17NO2. The van der Waals surface area contributed by atoms with Crippen molar-refractivity contribution in [3.8, 4) is 0 Å². The van der Waals surface area contributed by atoms with E-state index < -0.39 is 5.60 Å². The molecule has 1 aliphatic rings. The molecule has 0 bridgehead atoms. The van der Waals surface area contributed by atoms with Gasteiger partial charge in [0.2, 0.25) is 0 Å². The Labute approximate surface area is 102 Å². The Morgan fingerprint density at radius 2 is 1.94 bits per heavy atom. The van der Waals surface area contributed by atoms with Crippen LogP contribution in [0.5, 0.6) is 0 Å². The monoisotopic (exact) mass is 231 g/mol. The van der Waals surface area contributed by atoms with Gasteiger partial charge in [0.15, 0.2) is 0 Å². The highest BCUT2D eigenvalue weighted by Gasteiger charge is 2.39. The first-order valence-corrected chi connectivity index (χ1v) is 5.93. The van der Waals surface area contributed by atoms with E-state index in [-0.39, 0.29) is 5.97 Å². The summed E-state index contributed by atoms with van der Waals surface area (Å²) in [6, 6.07) is 3.86. The summed E-state index contributed by atoms with van der Waals surface area (Å²) < 4.78 is 5.68. The lowest BCUT2D eigenvalue weighted by Crippen LogP contribution is -2.29. The van der Waals surface area contributed by atoms with Crippen molar-refractivity contribution >= 4 is 5.97 Å². The predicted molar refractivity (Wildman–Crippen MR) is 65.3 cm³/mol. The Morgan fingerprint density at radius 1 is 1.35 bits per heavy atom. The van der Waals surface area contributed by atoms with Gasteiger partial charge in [0, 0.05) is 18.0 Å². The zero-order valence-electron chi connectivity index (χ0n) is 10.1. The number of pyridine rings is 1. The van der Waals surface area contributed by atoms with Crippen LogP contribution in [0.15, 0.2) is 36.7 Å². The van der Waals surface area contributed by atoms with Crippen molar-refractivity contribution in [2.24, 2.45) is 0 Å². The molecule has 0 aromatic carbocycles. The van der Waals surface area contributed by atoms with Gasteiger partial charge in [-0.2, -0.15) is 0 Å². The summed E-state index contributed by atoms with van der Waals surface area (Å²) in [4.78, 5) is 15.7. The van der Waals surface area contributed by atoms with Crippen LogP contribution < -0.4 is 0 Å². The minimum Gasteiger partial charge on any atom is -0.451 e. The molecule has 0 N–H and O–H groups in total. The largest absolute Gasteiger partial charge is 0.451 e. The van der Waals surface area contributed by atoms with E-state index >= 15 is 0 Å². The fourth-order valence-corrected chi connectivity index (χ4v) is 2.32. The number of ether oxygens (including phenoxy) is 1. The quantitative estimate of drug-likeness (QED) is 0.593. The maximum Gasteiger partial charge on any atom is 0.333 e. The summed E-state index contributed by atoms with van der Waals surface area (Å²) in [7, 11) is 0. The molecule has 3 heteroatoms. The second-order valence-electron chi connectivity index (χ2n) is 4.61. The number of hydrogen-bond donors (Lipinski definition) is 0. The number of aromatic nitrogens is 1. The molecule has 0 unspecified atom stereocenters. The van der Waals surface area contributed by atoms with Crippen molar-refractivity contribution in [3.63, 3.8) is 0 Å². The second-order valence-corrected chi connectivity index (χ2v) is 4.61. The Bertz CT molecular complexity index is 419. The molecule has 1 aliphatic carbocycles. The molecule has 0 amide bonds. The van der Waals surface area contributed by atoms with E-state index in [4.69, 9.17) is 4.74 Å². The van der Waals surface area contributed by atoms with E-state index in [1.807, 2.05) is 12.1 Å². The van der Waals surface area contributed by atoms with Gasteiger partial charge in [-0.3, -0.25) is 4.98 Å². The smallest absolute Gasteiger partial charge is 0.333 e. The van der Waals surface area contributed by atoms with Crippen LogP contribution in [0.2, 0.25) is 0 Å². The molecule has 1 aromatic rings. The Morgan fingerprint density at radius 3 is 2.47 bits per heavy atom. The average Bonchev–Trinajstić information content (AvgIpc) is 2.80. The highest BCUT2D eigenvalue weighted by Crippen LogP contribution is 2.42. The third-order valence-corrected chi connectivity index (χ3v) is 3.25. The molecule has 90 valence electrons. The summed E-state index contributed by atoms with van der Waals surface area (Å²) in [6.45, 7) is 5.31. The maximum absolute atomic E-state index is 11.7. The van der Waals surface area contributed by atoms with Crippen LogP contribution in [0.1, 0.15) is 38.2 Å². The summed E-state index contributed by atoms with van der Waals surface area (Å²) in [6.07, 6.45) is 7.43. The summed E-state index contributed by atoms with van der Waals surface area (Å²) in [5.74, 6) is -0.302. The molecule has 1 saturated carbocycles. The third-order valence-electron chi connectivity index (χ3n) is 3.25. The zero-order valence-corrected chi connectivity index (χ0v) is 10.1. The van der Waals surface area contributed by atoms with Crippen molar-refractivity contribution in [3.05, 3.63) is 42.2 Å². The van der Waals surface area contributed by atoms with Crippen LogP contribution in [0.4, 0.5) is 0 Å². The molecule has 3 nitrogen and oxygen atoms in total. The zero-order chi connectivity index (χ0) is 12.3. The molecule has 0 radical (unpaired) electrons. The Hall–Kier alpha value is -1.64. The first-order chi connectivity index (χ1) is 8.14. The second kappa shape index (κ2) is 4.70. The van der Waals surface area contributed by atoms with Gasteiger partial charge in [-0.1, -0.05) is 6.58 Å². The van der Waals surface area contributed by atoms with E-state index in [1.165, 1.54) is 0 Å². The number of hydrogen-bond acceptors (Lipinski definition) is 3. The van der Waals surface area contributed by atoms with E-state index in [2.05, 4.69) is 11.6 Å². The van der Waals surface area contributed by atoms with Gasteiger partial charge in [0.1, 0.15) is 5.60 Å². The summed E-state index contributed by atoms with van der Waals surface area (Å²) in [5, 5.41) is 0. The first-order valence-electron chi connectivity index (χ1n) is 5.93. The van der Waals surface area contributed by atoms with Gasteiger partial charge in [-0.15, -0.1) is 0 Å². The maximum atomic E-state index is 11.7. The van der Waals surface area contributed by atoms with Crippen LogP contribution in [0.3, 0.4) is 0 Å². The van der Waals surface area contributed by atoms with Crippen LogP contribution in [0.25, 0.3) is 0 Å². The molecule has 0 aliphatic heterocycles. The number of esters is 1.